The first-order valence-electron chi connectivity index (χ1n) is 6.79. The SMILES string of the molecule is Cc1nc(C)c(-c2nnc3n2Cc2ccccc2OC3)o1. The number of oxazole rings is 1. The van der Waals surface area contributed by atoms with E-state index in [1.807, 2.05) is 42.7 Å². The molecule has 0 saturated carbocycles. The highest BCUT2D eigenvalue weighted by molar-refractivity contribution is 5.51. The topological polar surface area (TPSA) is 66.0 Å². The molecule has 21 heavy (non-hydrogen) atoms. The summed E-state index contributed by atoms with van der Waals surface area (Å²) < 4.78 is 13.5. The van der Waals surface area contributed by atoms with Gasteiger partial charge in [0, 0.05) is 12.5 Å². The van der Waals surface area contributed by atoms with Crippen LogP contribution < -0.4 is 4.74 Å². The molecule has 1 aromatic carbocycles. The van der Waals surface area contributed by atoms with Crippen LogP contribution in [0.2, 0.25) is 0 Å². The third-order valence-corrected chi connectivity index (χ3v) is 3.59. The highest BCUT2D eigenvalue weighted by Crippen LogP contribution is 2.29. The van der Waals surface area contributed by atoms with Gasteiger partial charge >= 0.3 is 0 Å². The average molecular weight is 282 g/mol. The lowest BCUT2D eigenvalue weighted by molar-refractivity contribution is 0.297. The second-order valence-corrected chi connectivity index (χ2v) is 5.07. The molecule has 6 heteroatoms. The van der Waals surface area contributed by atoms with E-state index in [0.29, 0.717) is 30.6 Å². The van der Waals surface area contributed by atoms with E-state index in [2.05, 4.69) is 15.2 Å². The third kappa shape index (κ3) is 1.91. The van der Waals surface area contributed by atoms with E-state index >= 15 is 0 Å². The molecule has 6 nitrogen and oxygen atoms in total. The van der Waals surface area contributed by atoms with E-state index in [4.69, 9.17) is 9.15 Å². The van der Waals surface area contributed by atoms with Gasteiger partial charge in [0.1, 0.15) is 12.4 Å². The van der Waals surface area contributed by atoms with Gasteiger partial charge in [-0.2, -0.15) is 0 Å². The van der Waals surface area contributed by atoms with E-state index in [1.165, 1.54) is 0 Å². The molecule has 2 aromatic heterocycles. The van der Waals surface area contributed by atoms with Crippen molar-refractivity contribution in [2.75, 3.05) is 0 Å². The monoisotopic (exact) mass is 282 g/mol. The summed E-state index contributed by atoms with van der Waals surface area (Å²) in [5.74, 6) is 3.67. The van der Waals surface area contributed by atoms with Crippen LogP contribution in [-0.4, -0.2) is 19.7 Å². The van der Waals surface area contributed by atoms with Crippen molar-refractivity contribution in [1.82, 2.24) is 19.7 Å². The zero-order valence-electron chi connectivity index (χ0n) is 11.8. The summed E-state index contributed by atoms with van der Waals surface area (Å²) in [6, 6.07) is 7.99. The van der Waals surface area contributed by atoms with Crippen LogP contribution in [0.4, 0.5) is 0 Å². The Bertz CT molecular complexity index is 819. The molecule has 0 unspecified atom stereocenters. The Balaban J connectivity index is 1.85. The first kappa shape index (κ1) is 12.1. The number of fused-ring (bicyclic) bond motifs is 2. The number of rotatable bonds is 1. The first-order valence-corrected chi connectivity index (χ1v) is 6.79. The van der Waals surface area contributed by atoms with E-state index in [1.54, 1.807) is 0 Å². The predicted octanol–water partition coefficient (Wildman–Crippen LogP) is 2.49. The summed E-state index contributed by atoms with van der Waals surface area (Å²) in [5.41, 5.74) is 1.92. The molecule has 0 atom stereocenters. The molecule has 0 spiro atoms. The fourth-order valence-corrected chi connectivity index (χ4v) is 2.60. The van der Waals surface area contributed by atoms with Gasteiger partial charge in [-0.3, -0.25) is 0 Å². The Kier molecular flexibility index (Phi) is 2.57. The summed E-state index contributed by atoms with van der Waals surface area (Å²) in [4.78, 5) is 4.30. The normalized spacial score (nSPS) is 13.2. The van der Waals surface area contributed by atoms with Gasteiger partial charge in [0.25, 0.3) is 0 Å². The van der Waals surface area contributed by atoms with Crippen LogP contribution in [0.1, 0.15) is 23.0 Å². The molecule has 106 valence electrons. The Morgan fingerprint density at radius 1 is 1.14 bits per heavy atom. The van der Waals surface area contributed by atoms with Crippen LogP contribution >= 0.6 is 0 Å². The smallest absolute Gasteiger partial charge is 0.202 e. The molecule has 1 aliphatic heterocycles. The van der Waals surface area contributed by atoms with Crippen LogP contribution in [0.15, 0.2) is 28.7 Å². The lowest BCUT2D eigenvalue weighted by Crippen LogP contribution is -2.05. The maximum atomic E-state index is 5.79. The van der Waals surface area contributed by atoms with Crippen molar-refractivity contribution in [3.05, 3.63) is 47.2 Å². The van der Waals surface area contributed by atoms with Crippen molar-refractivity contribution in [3.8, 4) is 17.3 Å². The second kappa shape index (κ2) is 4.44. The van der Waals surface area contributed by atoms with Crippen molar-refractivity contribution in [2.24, 2.45) is 0 Å². The average Bonchev–Trinajstić information content (AvgIpc) is 2.95. The number of hydrogen-bond acceptors (Lipinski definition) is 5. The first-order chi connectivity index (χ1) is 10.2. The van der Waals surface area contributed by atoms with Gasteiger partial charge in [0.05, 0.1) is 12.2 Å². The maximum absolute atomic E-state index is 5.79. The summed E-state index contributed by atoms with van der Waals surface area (Å²) in [5, 5.41) is 8.48. The van der Waals surface area contributed by atoms with E-state index in [-0.39, 0.29) is 0 Å². The fourth-order valence-electron chi connectivity index (χ4n) is 2.60. The highest BCUT2D eigenvalue weighted by Gasteiger charge is 2.23. The van der Waals surface area contributed by atoms with Crippen molar-refractivity contribution in [2.45, 2.75) is 27.0 Å². The molecule has 3 heterocycles. The standard InChI is InChI=1S/C15H14N4O2/c1-9-14(21-10(2)16-9)15-18-17-13-8-20-12-6-4-3-5-11(12)7-19(13)15/h3-6H,7-8H2,1-2H3. The number of nitrogens with zero attached hydrogens (tertiary/aromatic N) is 4. The number of para-hydroxylation sites is 1. The van der Waals surface area contributed by atoms with E-state index < -0.39 is 0 Å². The minimum Gasteiger partial charge on any atom is -0.485 e. The second-order valence-electron chi connectivity index (χ2n) is 5.07. The zero-order valence-corrected chi connectivity index (χ0v) is 11.8. The van der Waals surface area contributed by atoms with Crippen LogP contribution in [-0.2, 0) is 13.2 Å². The summed E-state index contributed by atoms with van der Waals surface area (Å²) >= 11 is 0. The van der Waals surface area contributed by atoms with Crippen LogP contribution in [0.5, 0.6) is 5.75 Å². The molecule has 0 N–H and O–H groups in total. The minimum atomic E-state index is 0.399. The van der Waals surface area contributed by atoms with Crippen molar-refractivity contribution in [3.63, 3.8) is 0 Å². The van der Waals surface area contributed by atoms with E-state index in [0.717, 1.165) is 22.8 Å². The number of hydrogen-bond donors (Lipinski definition) is 0. The van der Waals surface area contributed by atoms with Crippen molar-refractivity contribution < 1.29 is 9.15 Å². The quantitative estimate of drug-likeness (QED) is 0.686. The minimum absolute atomic E-state index is 0.399. The lowest BCUT2D eigenvalue weighted by atomic mass is 10.2. The van der Waals surface area contributed by atoms with Gasteiger partial charge in [-0.15, -0.1) is 10.2 Å². The molecule has 0 fully saturated rings. The number of aromatic nitrogens is 4. The van der Waals surface area contributed by atoms with Gasteiger partial charge in [0.2, 0.25) is 5.82 Å². The van der Waals surface area contributed by atoms with Crippen LogP contribution in [0.25, 0.3) is 11.6 Å². The van der Waals surface area contributed by atoms with Crippen LogP contribution in [0, 0.1) is 13.8 Å². The summed E-state index contributed by atoms with van der Waals surface area (Å²) in [6.07, 6.45) is 0. The Morgan fingerprint density at radius 3 is 2.81 bits per heavy atom. The molecule has 4 rings (SSSR count). The van der Waals surface area contributed by atoms with Gasteiger partial charge < -0.3 is 13.7 Å². The van der Waals surface area contributed by atoms with Gasteiger partial charge in [-0.05, 0) is 13.0 Å². The fraction of sp³-hybridized carbons (Fsp3) is 0.267. The number of aryl methyl sites for hydroxylation is 2. The number of benzene rings is 1. The Morgan fingerprint density at radius 2 is 2.00 bits per heavy atom. The highest BCUT2D eigenvalue weighted by atomic mass is 16.5. The van der Waals surface area contributed by atoms with Gasteiger partial charge in [-0.25, -0.2) is 4.98 Å². The van der Waals surface area contributed by atoms with Crippen molar-refractivity contribution >= 4 is 0 Å². The predicted molar refractivity (Wildman–Crippen MR) is 74.9 cm³/mol. The molecular formula is C15H14N4O2. The summed E-state index contributed by atoms with van der Waals surface area (Å²) in [7, 11) is 0. The Hall–Kier alpha value is -2.63. The molecule has 0 radical (unpaired) electrons. The van der Waals surface area contributed by atoms with Crippen LogP contribution in [0.3, 0.4) is 0 Å². The number of ether oxygens (including phenoxy) is 1. The zero-order chi connectivity index (χ0) is 14.4. The molecule has 0 saturated heterocycles. The van der Waals surface area contributed by atoms with Crippen molar-refractivity contribution in [1.29, 1.82) is 0 Å². The molecule has 0 aliphatic carbocycles. The molecule has 1 aliphatic rings. The Labute approximate surface area is 121 Å². The molecular weight excluding hydrogens is 268 g/mol. The summed E-state index contributed by atoms with van der Waals surface area (Å²) in [6.45, 7) is 4.80. The molecule has 0 amide bonds. The van der Waals surface area contributed by atoms with E-state index in [9.17, 15) is 0 Å². The van der Waals surface area contributed by atoms with Gasteiger partial charge in [0.15, 0.2) is 17.5 Å². The third-order valence-electron chi connectivity index (χ3n) is 3.59. The largest absolute Gasteiger partial charge is 0.485 e. The van der Waals surface area contributed by atoms with Gasteiger partial charge in [-0.1, -0.05) is 18.2 Å². The molecule has 0 bridgehead atoms. The lowest BCUT2D eigenvalue weighted by Gasteiger charge is -2.06. The molecule has 3 aromatic rings. The maximum Gasteiger partial charge on any atom is 0.202 e.